The SMILES string of the molecule is CCC(C(=O)Nc1c(C)cc(F)cc1C)[N+]1(CC)CCCCCC1.[Y]. The van der Waals surface area contributed by atoms with Gasteiger partial charge in [-0.15, -0.1) is 0 Å². The van der Waals surface area contributed by atoms with E-state index < -0.39 is 0 Å². The van der Waals surface area contributed by atoms with Crippen molar-refractivity contribution in [2.75, 3.05) is 25.0 Å². The molecule has 0 bridgehead atoms. The normalized spacial score (nSPS) is 18.0. The summed E-state index contributed by atoms with van der Waals surface area (Å²) in [4.78, 5) is 13.1. The van der Waals surface area contributed by atoms with Gasteiger partial charge in [0.15, 0.2) is 6.04 Å². The van der Waals surface area contributed by atoms with Crippen LogP contribution in [-0.4, -0.2) is 36.1 Å². The molecule has 5 heteroatoms. The molecule has 1 aliphatic heterocycles. The van der Waals surface area contributed by atoms with Crippen molar-refractivity contribution in [1.29, 1.82) is 0 Å². The minimum Gasteiger partial charge on any atom is -0.320 e. The molecule has 1 aromatic rings. The molecule has 0 aromatic heterocycles. The molecule has 3 nitrogen and oxygen atoms in total. The summed E-state index contributed by atoms with van der Waals surface area (Å²) >= 11 is 0. The van der Waals surface area contributed by atoms with Crippen LogP contribution in [0.15, 0.2) is 12.1 Å². The summed E-state index contributed by atoms with van der Waals surface area (Å²) in [5.74, 6) is -0.168. The fraction of sp³-hybridized carbons (Fsp3) is 0.650. The Balaban J connectivity index is 0.00000312. The zero-order chi connectivity index (χ0) is 17.7. The van der Waals surface area contributed by atoms with Crippen LogP contribution >= 0.6 is 0 Å². The quantitative estimate of drug-likeness (QED) is 0.690. The van der Waals surface area contributed by atoms with Gasteiger partial charge in [-0.3, -0.25) is 4.79 Å². The van der Waals surface area contributed by atoms with Crippen molar-refractivity contribution >= 4 is 11.6 Å². The molecule has 1 unspecified atom stereocenters. The Hall–Kier alpha value is -0.316. The van der Waals surface area contributed by atoms with Crippen LogP contribution in [-0.2, 0) is 37.5 Å². The number of likely N-dealkylation sites (tertiary alicyclic amines) is 1. The Kier molecular flexibility index (Phi) is 9.21. The van der Waals surface area contributed by atoms with E-state index in [1.165, 1.54) is 37.8 Å². The van der Waals surface area contributed by atoms with Crippen molar-refractivity contribution in [2.45, 2.75) is 65.8 Å². The number of anilines is 1. The van der Waals surface area contributed by atoms with Crippen LogP contribution in [0.5, 0.6) is 0 Å². The van der Waals surface area contributed by atoms with Crippen LogP contribution in [0.3, 0.4) is 0 Å². The minimum atomic E-state index is -0.250. The first-order valence-electron chi connectivity index (χ1n) is 9.37. The standard InChI is InChI=1S/C20H31FN2O.Y/c1-5-18(23(6-2)11-9-7-8-10-12-23)20(24)22-19-15(3)13-17(21)14-16(19)4;/h13-14,18H,5-12H2,1-4H3;/p+1. The van der Waals surface area contributed by atoms with Crippen LogP contribution in [0, 0.1) is 19.7 Å². The largest absolute Gasteiger partial charge is 0.320 e. The maximum Gasteiger partial charge on any atom is 0.282 e. The van der Waals surface area contributed by atoms with Crippen molar-refractivity contribution in [1.82, 2.24) is 0 Å². The number of nitrogens with zero attached hydrogens (tertiary/aromatic N) is 1. The molecule has 1 atom stereocenters. The maximum atomic E-state index is 13.5. The molecule has 1 saturated heterocycles. The van der Waals surface area contributed by atoms with Gasteiger partial charge in [0.05, 0.1) is 19.6 Å². The predicted molar refractivity (Wildman–Crippen MR) is 97.6 cm³/mol. The number of carbonyl (C=O) groups excluding carboxylic acids is 1. The number of hydrogen-bond acceptors (Lipinski definition) is 1. The van der Waals surface area contributed by atoms with Crippen molar-refractivity contribution in [2.24, 2.45) is 0 Å². The van der Waals surface area contributed by atoms with Crippen LogP contribution in [0.1, 0.15) is 57.1 Å². The number of halogens is 1. The van der Waals surface area contributed by atoms with Crippen molar-refractivity contribution in [3.63, 3.8) is 0 Å². The van der Waals surface area contributed by atoms with E-state index in [9.17, 15) is 9.18 Å². The van der Waals surface area contributed by atoms with E-state index in [4.69, 9.17) is 0 Å². The van der Waals surface area contributed by atoms with E-state index in [0.717, 1.165) is 47.4 Å². The van der Waals surface area contributed by atoms with Crippen LogP contribution in [0.2, 0.25) is 0 Å². The van der Waals surface area contributed by atoms with Gasteiger partial charge in [-0.25, -0.2) is 4.39 Å². The number of likely N-dealkylation sites (N-methyl/N-ethyl adjacent to an activating group) is 1. The fourth-order valence-electron chi connectivity index (χ4n) is 4.30. The number of nitrogens with one attached hydrogen (secondary N) is 1. The van der Waals surface area contributed by atoms with Gasteiger partial charge in [0.2, 0.25) is 0 Å². The molecule has 1 aliphatic rings. The third-order valence-corrected chi connectivity index (χ3v) is 5.68. The van der Waals surface area contributed by atoms with Crippen molar-refractivity contribution in [3.8, 4) is 0 Å². The van der Waals surface area contributed by atoms with Crippen molar-refractivity contribution in [3.05, 3.63) is 29.1 Å². The molecule has 1 N–H and O–H groups in total. The molecule has 1 amide bonds. The second-order valence-electron chi connectivity index (χ2n) is 7.22. The van der Waals surface area contributed by atoms with Gasteiger partial charge in [0.25, 0.3) is 5.91 Å². The molecule has 0 spiro atoms. The van der Waals surface area contributed by atoms with E-state index in [0.29, 0.717) is 0 Å². The molecule has 1 heterocycles. The average Bonchev–Trinajstić information content (AvgIpc) is 2.78. The summed E-state index contributed by atoms with van der Waals surface area (Å²) in [6, 6.07) is 2.94. The van der Waals surface area contributed by atoms with Crippen LogP contribution in [0.25, 0.3) is 0 Å². The summed E-state index contributed by atoms with van der Waals surface area (Å²) in [5.41, 5.74) is 2.34. The Morgan fingerprint density at radius 2 is 1.64 bits per heavy atom. The number of carbonyl (C=O) groups is 1. The second-order valence-corrected chi connectivity index (χ2v) is 7.22. The van der Waals surface area contributed by atoms with Gasteiger partial charge in [0.1, 0.15) is 5.82 Å². The predicted octanol–water partition coefficient (Wildman–Crippen LogP) is 4.57. The molecule has 1 radical (unpaired) electrons. The summed E-state index contributed by atoms with van der Waals surface area (Å²) < 4.78 is 14.4. The molecule has 0 aliphatic carbocycles. The van der Waals surface area contributed by atoms with E-state index in [1.807, 2.05) is 13.8 Å². The molecular formula is C20H32FN2OY+. The molecule has 2 rings (SSSR count). The Morgan fingerprint density at radius 3 is 2.08 bits per heavy atom. The monoisotopic (exact) mass is 424 g/mol. The molecule has 0 saturated carbocycles. The van der Waals surface area contributed by atoms with Gasteiger partial charge in [-0.05, 0) is 69.7 Å². The Bertz CT molecular complexity index is 560. The molecule has 25 heavy (non-hydrogen) atoms. The van der Waals surface area contributed by atoms with Gasteiger partial charge < -0.3 is 9.80 Å². The number of rotatable bonds is 5. The van der Waals surface area contributed by atoms with Gasteiger partial charge in [-0.2, -0.15) is 0 Å². The second kappa shape index (κ2) is 10.1. The van der Waals surface area contributed by atoms with Gasteiger partial charge >= 0.3 is 0 Å². The Morgan fingerprint density at radius 1 is 1.12 bits per heavy atom. The van der Waals surface area contributed by atoms with Crippen LogP contribution < -0.4 is 5.32 Å². The van der Waals surface area contributed by atoms with E-state index in [1.54, 1.807) is 0 Å². The number of hydrogen-bond donors (Lipinski definition) is 1. The van der Waals surface area contributed by atoms with E-state index in [2.05, 4.69) is 19.2 Å². The summed E-state index contributed by atoms with van der Waals surface area (Å²) in [5, 5.41) is 3.11. The summed E-state index contributed by atoms with van der Waals surface area (Å²) in [6.45, 7) is 11.2. The van der Waals surface area contributed by atoms with Gasteiger partial charge in [0, 0.05) is 44.8 Å². The third-order valence-electron chi connectivity index (χ3n) is 5.68. The van der Waals surface area contributed by atoms with Crippen molar-refractivity contribution < 1.29 is 46.4 Å². The first-order valence-corrected chi connectivity index (χ1v) is 9.37. The number of benzene rings is 1. The van der Waals surface area contributed by atoms with E-state index >= 15 is 0 Å². The van der Waals surface area contributed by atoms with Crippen LogP contribution in [0.4, 0.5) is 10.1 Å². The average molecular weight is 424 g/mol. The molecule has 137 valence electrons. The van der Waals surface area contributed by atoms with E-state index in [-0.39, 0.29) is 50.5 Å². The molecular weight excluding hydrogens is 392 g/mol. The third kappa shape index (κ3) is 5.34. The zero-order valence-electron chi connectivity index (χ0n) is 16.2. The van der Waals surface area contributed by atoms with Gasteiger partial charge in [-0.1, -0.05) is 6.92 Å². The number of aryl methyl sites for hydroxylation is 2. The number of quaternary nitrogens is 1. The first kappa shape index (κ1) is 22.7. The minimum absolute atomic E-state index is 0. The molecule has 1 aromatic carbocycles. The summed E-state index contributed by atoms with van der Waals surface area (Å²) in [7, 11) is 0. The fourth-order valence-corrected chi connectivity index (χ4v) is 4.30. The number of amides is 1. The topological polar surface area (TPSA) is 29.1 Å². The summed E-state index contributed by atoms with van der Waals surface area (Å²) in [6.07, 6.45) is 5.78. The zero-order valence-corrected chi connectivity index (χ0v) is 19.0. The molecule has 1 fully saturated rings. The Labute approximate surface area is 177 Å². The maximum absolute atomic E-state index is 13.5. The smallest absolute Gasteiger partial charge is 0.282 e. The first-order chi connectivity index (χ1) is 11.4.